The lowest BCUT2D eigenvalue weighted by Crippen LogP contribution is -2.36. The topological polar surface area (TPSA) is 42.8 Å². The van der Waals surface area contributed by atoms with Crippen LogP contribution in [0.5, 0.6) is 11.5 Å². The van der Waals surface area contributed by atoms with E-state index in [9.17, 15) is 0 Å². The molecule has 110 valence electrons. The molecule has 1 aliphatic rings. The van der Waals surface area contributed by atoms with Crippen molar-refractivity contribution >= 4 is 16.9 Å². The van der Waals surface area contributed by atoms with Crippen molar-refractivity contribution in [3.05, 3.63) is 23.8 Å². The SMILES string of the molecule is COc1ccc(CCN=C2NC(C)(C)CS2)cc1OC. The van der Waals surface area contributed by atoms with E-state index in [4.69, 9.17) is 9.47 Å². The van der Waals surface area contributed by atoms with Crippen LogP contribution in [0, 0.1) is 0 Å². The number of benzene rings is 1. The lowest BCUT2D eigenvalue weighted by Gasteiger charge is -2.15. The van der Waals surface area contributed by atoms with Crippen molar-refractivity contribution in [3.63, 3.8) is 0 Å². The normalized spacial score (nSPS) is 18.9. The number of hydrogen-bond donors (Lipinski definition) is 1. The highest BCUT2D eigenvalue weighted by Crippen LogP contribution is 2.28. The minimum Gasteiger partial charge on any atom is -0.493 e. The smallest absolute Gasteiger partial charge is 0.160 e. The van der Waals surface area contributed by atoms with Gasteiger partial charge in [0.2, 0.25) is 0 Å². The van der Waals surface area contributed by atoms with Crippen molar-refractivity contribution in [2.24, 2.45) is 4.99 Å². The maximum absolute atomic E-state index is 5.31. The number of aliphatic imine (C=N–C) groups is 1. The molecule has 0 aromatic heterocycles. The molecule has 1 N–H and O–H groups in total. The average Bonchev–Trinajstić information content (AvgIpc) is 2.78. The molecule has 1 aliphatic heterocycles. The van der Waals surface area contributed by atoms with E-state index in [1.807, 2.05) is 12.1 Å². The Balaban J connectivity index is 1.93. The summed E-state index contributed by atoms with van der Waals surface area (Å²) in [6, 6.07) is 6.01. The summed E-state index contributed by atoms with van der Waals surface area (Å²) in [6.45, 7) is 5.16. The molecule has 1 aromatic rings. The zero-order valence-electron chi connectivity index (χ0n) is 12.5. The van der Waals surface area contributed by atoms with Gasteiger partial charge in [0.25, 0.3) is 0 Å². The summed E-state index contributed by atoms with van der Waals surface area (Å²) in [7, 11) is 3.30. The molecule has 20 heavy (non-hydrogen) atoms. The number of thioether (sulfide) groups is 1. The molecule has 1 fully saturated rings. The lowest BCUT2D eigenvalue weighted by molar-refractivity contribution is 0.354. The summed E-state index contributed by atoms with van der Waals surface area (Å²) in [5.41, 5.74) is 1.36. The van der Waals surface area contributed by atoms with Gasteiger partial charge in [0, 0.05) is 17.8 Å². The average molecular weight is 294 g/mol. The van der Waals surface area contributed by atoms with E-state index in [1.54, 1.807) is 26.0 Å². The van der Waals surface area contributed by atoms with E-state index >= 15 is 0 Å². The largest absolute Gasteiger partial charge is 0.493 e. The molecule has 0 amide bonds. The lowest BCUT2D eigenvalue weighted by atomic mass is 10.1. The van der Waals surface area contributed by atoms with Crippen LogP contribution >= 0.6 is 11.8 Å². The zero-order valence-corrected chi connectivity index (χ0v) is 13.3. The van der Waals surface area contributed by atoms with E-state index in [1.165, 1.54) is 5.56 Å². The fraction of sp³-hybridized carbons (Fsp3) is 0.533. The quantitative estimate of drug-likeness (QED) is 0.907. The molecule has 0 radical (unpaired) electrons. The Labute approximate surface area is 125 Å². The molecule has 4 nitrogen and oxygen atoms in total. The predicted molar refractivity (Wildman–Crippen MR) is 85.2 cm³/mol. The number of amidine groups is 1. The molecule has 0 bridgehead atoms. The first-order chi connectivity index (χ1) is 9.54. The van der Waals surface area contributed by atoms with Crippen molar-refractivity contribution in [1.82, 2.24) is 5.32 Å². The molecule has 1 aromatic carbocycles. The Morgan fingerprint density at radius 1 is 1.25 bits per heavy atom. The summed E-state index contributed by atoms with van der Waals surface area (Å²) in [6.07, 6.45) is 0.895. The van der Waals surface area contributed by atoms with Gasteiger partial charge in [-0.25, -0.2) is 0 Å². The Hall–Kier alpha value is -1.36. The van der Waals surface area contributed by atoms with Crippen LogP contribution in [-0.2, 0) is 6.42 Å². The Morgan fingerprint density at radius 3 is 2.60 bits per heavy atom. The number of nitrogens with zero attached hydrogens (tertiary/aromatic N) is 1. The second-order valence-electron chi connectivity index (χ2n) is 5.42. The summed E-state index contributed by atoms with van der Waals surface area (Å²) in [5.74, 6) is 2.60. The molecule has 0 atom stereocenters. The Bertz CT molecular complexity index is 501. The Morgan fingerprint density at radius 2 is 2.00 bits per heavy atom. The van der Waals surface area contributed by atoms with Gasteiger partial charge >= 0.3 is 0 Å². The summed E-state index contributed by atoms with van der Waals surface area (Å²) in [4.78, 5) is 4.61. The number of nitrogens with one attached hydrogen (secondary N) is 1. The standard InChI is InChI=1S/C15H22N2O2S/c1-15(2)10-20-14(17-15)16-8-7-11-5-6-12(18-3)13(9-11)19-4/h5-6,9H,7-8,10H2,1-4H3,(H,16,17). The highest BCUT2D eigenvalue weighted by molar-refractivity contribution is 8.14. The van der Waals surface area contributed by atoms with Crippen LogP contribution in [0.4, 0.5) is 0 Å². The monoisotopic (exact) mass is 294 g/mol. The molecule has 2 rings (SSSR count). The van der Waals surface area contributed by atoms with Gasteiger partial charge in [-0.3, -0.25) is 4.99 Å². The first-order valence-corrected chi connectivity index (χ1v) is 7.69. The molecule has 0 saturated carbocycles. The molecule has 0 aliphatic carbocycles. The maximum Gasteiger partial charge on any atom is 0.160 e. The van der Waals surface area contributed by atoms with Crippen molar-refractivity contribution in [2.75, 3.05) is 26.5 Å². The van der Waals surface area contributed by atoms with Crippen LogP contribution in [0.3, 0.4) is 0 Å². The van der Waals surface area contributed by atoms with Crippen LogP contribution < -0.4 is 14.8 Å². The third-order valence-corrected chi connectivity index (χ3v) is 4.49. The molecule has 0 unspecified atom stereocenters. The van der Waals surface area contributed by atoms with Crippen molar-refractivity contribution in [2.45, 2.75) is 25.8 Å². The third kappa shape index (κ3) is 3.82. The van der Waals surface area contributed by atoms with Crippen LogP contribution in [0.25, 0.3) is 0 Å². The number of methoxy groups -OCH3 is 2. The highest BCUT2D eigenvalue weighted by atomic mass is 32.2. The fourth-order valence-electron chi connectivity index (χ4n) is 2.02. The van der Waals surface area contributed by atoms with Gasteiger partial charge in [-0.05, 0) is 38.0 Å². The molecular formula is C15H22N2O2S. The van der Waals surface area contributed by atoms with E-state index in [0.717, 1.165) is 35.4 Å². The van der Waals surface area contributed by atoms with Crippen LogP contribution in [0.15, 0.2) is 23.2 Å². The second-order valence-corrected chi connectivity index (χ2v) is 6.39. The zero-order chi connectivity index (χ0) is 14.6. The Kier molecular flexibility index (Phi) is 4.81. The predicted octanol–water partition coefficient (Wildman–Crippen LogP) is 2.72. The minimum absolute atomic E-state index is 0.160. The second kappa shape index (κ2) is 6.39. The third-order valence-electron chi connectivity index (χ3n) is 3.12. The summed E-state index contributed by atoms with van der Waals surface area (Å²) in [5, 5.41) is 4.48. The van der Waals surface area contributed by atoms with Gasteiger partial charge in [-0.2, -0.15) is 0 Å². The number of hydrogen-bond acceptors (Lipinski definition) is 4. The van der Waals surface area contributed by atoms with Gasteiger partial charge in [0.1, 0.15) is 0 Å². The molecular weight excluding hydrogens is 272 g/mol. The van der Waals surface area contributed by atoms with Gasteiger partial charge in [0.05, 0.1) is 14.2 Å². The first-order valence-electron chi connectivity index (χ1n) is 6.70. The van der Waals surface area contributed by atoms with Crippen LogP contribution in [0.1, 0.15) is 19.4 Å². The van der Waals surface area contributed by atoms with Gasteiger partial charge in [-0.1, -0.05) is 17.8 Å². The van der Waals surface area contributed by atoms with Gasteiger partial charge < -0.3 is 14.8 Å². The van der Waals surface area contributed by atoms with Gasteiger partial charge in [0.15, 0.2) is 16.7 Å². The van der Waals surface area contributed by atoms with Crippen LogP contribution in [0.2, 0.25) is 0 Å². The van der Waals surface area contributed by atoms with Crippen molar-refractivity contribution in [1.29, 1.82) is 0 Å². The summed E-state index contributed by atoms with van der Waals surface area (Å²) >= 11 is 1.79. The molecule has 1 heterocycles. The first kappa shape index (κ1) is 15.0. The van der Waals surface area contributed by atoms with E-state index in [-0.39, 0.29) is 5.54 Å². The van der Waals surface area contributed by atoms with Crippen molar-refractivity contribution < 1.29 is 9.47 Å². The van der Waals surface area contributed by atoms with E-state index in [2.05, 4.69) is 30.2 Å². The van der Waals surface area contributed by atoms with Gasteiger partial charge in [-0.15, -0.1) is 0 Å². The molecule has 1 saturated heterocycles. The molecule has 5 heteroatoms. The maximum atomic E-state index is 5.31. The van der Waals surface area contributed by atoms with E-state index in [0.29, 0.717) is 0 Å². The highest BCUT2D eigenvalue weighted by Gasteiger charge is 2.26. The fourth-order valence-corrected chi connectivity index (χ4v) is 3.12. The van der Waals surface area contributed by atoms with Crippen LogP contribution in [-0.4, -0.2) is 37.2 Å². The number of ether oxygens (including phenoxy) is 2. The molecule has 0 spiro atoms. The number of rotatable bonds is 5. The van der Waals surface area contributed by atoms with Crippen molar-refractivity contribution in [3.8, 4) is 11.5 Å². The summed E-state index contributed by atoms with van der Waals surface area (Å²) < 4.78 is 10.5. The van der Waals surface area contributed by atoms with E-state index < -0.39 is 0 Å². The minimum atomic E-state index is 0.160.